The summed E-state index contributed by atoms with van der Waals surface area (Å²) in [5, 5.41) is 215. The first-order chi connectivity index (χ1) is 42.1. The van der Waals surface area contributed by atoms with E-state index in [0.717, 1.165) is 5.57 Å². The van der Waals surface area contributed by atoms with Crippen molar-refractivity contribution < 1.29 is 164 Å². The lowest BCUT2D eigenvalue weighted by atomic mass is 9.36. The summed E-state index contributed by atoms with van der Waals surface area (Å²) in [4.78, 5) is 15.4. The van der Waals surface area contributed by atoms with Gasteiger partial charge in [0.25, 0.3) is 0 Å². The van der Waals surface area contributed by atoms with Gasteiger partial charge >= 0.3 is 5.97 Å². The van der Waals surface area contributed by atoms with Crippen LogP contribution in [-0.2, 0) is 61.6 Å². The standard InChI is InChI=1S/C56H90O33/c1-18-10-56-8-5-27-54(2,6-4-7-55(27,3)53(77)89-52-46(88-50-42(76)38(72)32(66)24(15-60)82-50)44(34(68)26(17-62)84-52)86-48-40(74)36(70)30(64)22(13-58)80-48)28(56)9-19(18)20(11-56)78-51-45(87-49-41(75)37(71)31(65)23(14-59)81-49)43(33(67)25(16-61)83-51)85-47-39(73)35(69)29(63)21(12-57)79-47/h19-52,57-76H,1,4-17H2,2-3H3/t19-,20?,21?,22?,23?,24?,25?,26?,27-,28-,29?,30?,31?,32?,33?,34?,35?,36?,37?,38?,39?,40?,41?,42?,43?,44?,45?,46?,47?,48?,49?,50?,51?,52?,54+,55+,56+/m0/s1. The molecule has 11 fully saturated rings. The van der Waals surface area contributed by atoms with Crippen LogP contribution in [0.15, 0.2) is 12.2 Å². The number of ether oxygens (including phenoxy) is 12. The van der Waals surface area contributed by atoms with Crippen LogP contribution in [0.5, 0.6) is 0 Å². The van der Waals surface area contributed by atoms with E-state index in [0.29, 0.717) is 44.9 Å². The fraction of sp³-hybridized carbons (Fsp3) is 0.946. The molecule has 0 aromatic rings. The van der Waals surface area contributed by atoms with Crippen molar-refractivity contribution in [2.45, 2.75) is 256 Å². The molecule has 0 aromatic heterocycles. The molecule has 0 aromatic carbocycles. The fourth-order valence-electron chi connectivity index (χ4n) is 16.3. The summed E-state index contributed by atoms with van der Waals surface area (Å²) in [5.41, 5.74) is -1.76. The van der Waals surface area contributed by atoms with Gasteiger partial charge in [-0.15, -0.1) is 0 Å². The molecular formula is C56H90O33. The smallest absolute Gasteiger partial charge is 0.314 e. The highest BCUT2D eigenvalue weighted by atomic mass is 16.8. The summed E-state index contributed by atoms with van der Waals surface area (Å²) in [5.74, 6) is -1.88. The Morgan fingerprint density at radius 2 is 0.798 bits per heavy atom. The molecule has 6 aliphatic heterocycles. The molecule has 11 aliphatic rings. The van der Waals surface area contributed by atoms with Crippen molar-refractivity contribution in [3.8, 4) is 0 Å². The molecule has 0 radical (unpaired) electrons. The summed E-state index contributed by atoms with van der Waals surface area (Å²) in [6.07, 6.45) is -52.6. The molecule has 33 nitrogen and oxygen atoms in total. The van der Waals surface area contributed by atoms with Crippen LogP contribution in [0.2, 0.25) is 0 Å². The molecule has 512 valence electrons. The predicted octanol–water partition coefficient (Wildman–Crippen LogP) is -9.61. The molecule has 11 rings (SSSR count). The van der Waals surface area contributed by atoms with E-state index in [1.807, 2.05) is 0 Å². The van der Waals surface area contributed by atoms with Crippen molar-refractivity contribution in [2.75, 3.05) is 39.6 Å². The Morgan fingerprint density at radius 3 is 1.20 bits per heavy atom. The van der Waals surface area contributed by atoms with E-state index in [-0.39, 0.29) is 12.3 Å². The normalized spacial score (nSPS) is 54.5. The summed E-state index contributed by atoms with van der Waals surface area (Å²) < 4.78 is 72.6. The number of hydrogen-bond acceptors (Lipinski definition) is 33. The summed E-state index contributed by atoms with van der Waals surface area (Å²) >= 11 is 0. The van der Waals surface area contributed by atoms with Crippen molar-refractivity contribution in [2.24, 2.45) is 34.0 Å². The van der Waals surface area contributed by atoms with Gasteiger partial charge in [0.15, 0.2) is 37.6 Å². The minimum absolute atomic E-state index is 0.141. The zero-order chi connectivity index (χ0) is 64.7. The monoisotopic (exact) mass is 1290 g/mol. The topological polar surface area (TPSA) is 532 Å². The lowest BCUT2D eigenvalue weighted by Crippen LogP contribution is -2.68. The number of rotatable bonds is 18. The van der Waals surface area contributed by atoms with Crippen molar-refractivity contribution >= 4 is 5.97 Å². The average molecular weight is 1290 g/mol. The molecule has 20 N–H and O–H groups in total. The second-order valence-electron chi connectivity index (χ2n) is 26.4. The first-order valence-corrected chi connectivity index (χ1v) is 30.4. The van der Waals surface area contributed by atoms with Crippen LogP contribution < -0.4 is 0 Å². The highest BCUT2D eigenvalue weighted by Crippen LogP contribution is 2.72. The van der Waals surface area contributed by atoms with Crippen LogP contribution in [-0.4, -0.2) is 338 Å². The SMILES string of the molecule is C=C1C[C@@]23CC[C@H]4[C@@](C)(CCC[C@@]4(C)C(=O)OC4OC(CO)C(O)C(OC5OC(CO)C(O)C(O)C5O)C4OC4OC(CO)C(O)C(O)C4O)[C@@H]2C[C@@H]1C(OC1OC(CO)C(O)C(OC2OC(CO)C(O)C(O)C2O)C1OC1OC(CO)C(O)C(O)C1O)C3. The van der Waals surface area contributed by atoms with Gasteiger partial charge < -0.3 is 159 Å². The van der Waals surface area contributed by atoms with Gasteiger partial charge in [-0.25, -0.2) is 0 Å². The zero-order valence-corrected chi connectivity index (χ0v) is 49.0. The Morgan fingerprint density at radius 1 is 0.438 bits per heavy atom. The number of fused-ring (bicyclic) bond motifs is 3. The molecular weight excluding hydrogens is 1200 g/mol. The maximum Gasteiger partial charge on any atom is 0.314 e. The van der Waals surface area contributed by atoms with Gasteiger partial charge in [0, 0.05) is 5.92 Å². The highest BCUT2D eigenvalue weighted by molar-refractivity contribution is 5.77. The van der Waals surface area contributed by atoms with Gasteiger partial charge in [0.05, 0.1) is 51.2 Å². The maximum absolute atomic E-state index is 15.4. The van der Waals surface area contributed by atoms with Gasteiger partial charge in [0.2, 0.25) is 6.29 Å². The van der Waals surface area contributed by atoms with E-state index in [9.17, 15) is 102 Å². The number of aliphatic hydroxyl groups is 20. The Balaban J connectivity index is 0.919. The number of carbonyl (C=O) groups is 1. The fourth-order valence-corrected chi connectivity index (χ4v) is 16.3. The highest BCUT2D eigenvalue weighted by Gasteiger charge is 2.69. The minimum Gasteiger partial charge on any atom is -0.432 e. The molecule has 37 atom stereocenters. The Bertz CT molecular complexity index is 2380. The van der Waals surface area contributed by atoms with Crippen LogP contribution in [0.3, 0.4) is 0 Å². The molecule has 2 bridgehead atoms. The molecule has 5 aliphatic carbocycles. The van der Waals surface area contributed by atoms with Crippen molar-refractivity contribution in [3.05, 3.63) is 12.2 Å². The molecule has 1 spiro atoms. The van der Waals surface area contributed by atoms with E-state index < -0.39 is 264 Å². The predicted molar refractivity (Wildman–Crippen MR) is 284 cm³/mol. The van der Waals surface area contributed by atoms with E-state index in [1.165, 1.54) is 0 Å². The molecule has 5 saturated carbocycles. The van der Waals surface area contributed by atoms with Crippen LogP contribution in [0.25, 0.3) is 0 Å². The van der Waals surface area contributed by atoms with E-state index in [1.54, 1.807) is 6.92 Å². The molecule has 31 unspecified atom stereocenters. The minimum atomic E-state index is -2.08. The first kappa shape index (κ1) is 69.8. The van der Waals surface area contributed by atoms with E-state index in [2.05, 4.69) is 13.5 Å². The lowest BCUT2D eigenvalue weighted by molar-refractivity contribution is -0.398. The number of hydrogen-bond donors (Lipinski definition) is 20. The first-order valence-electron chi connectivity index (χ1n) is 30.4. The molecule has 33 heteroatoms. The second kappa shape index (κ2) is 27.6. The van der Waals surface area contributed by atoms with Gasteiger partial charge in [-0.1, -0.05) is 25.5 Å². The van der Waals surface area contributed by atoms with Crippen molar-refractivity contribution in [1.82, 2.24) is 0 Å². The molecule has 6 heterocycles. The Labute approximate surface area is 509 Å². The third-order valence-corrected chi connectivity index (χ3v) is 21.2. The molecule has 6 saturated heterocycles. The van der Waals surface area contributed by atoms with Crippen LogP contribution >= 0.6 is 0 Å². The lowest BCUT2D eigenvalue weighted by Gasteiger charge is -2.69. The molecule has 89 heavy (non-hydrogen) atoms. The van der Waals surface area contributed by atoms with Crippen LogP contribution in [0, 0.1) is 34.0 Å². The third-order valence-electron chi connectivity index (χ3n) is 21.2. The average Bonchev–Trinajstić information content (AvgIpc) is 0.736. The van der Waals surface area contributed by atoms with Crippen LogP contribution in [0.4, 0.5) is 0 Å². The quantitative estimate of drug-likeness (QED) is 0.0344. The largest absolute Gasteiger partial charge is 0.432 e. The maximum atomic E-state index is 15.4. The summed E-state index contributed by atoms with van der Waals surface area (Å²) in [6, 6.07) is 0. The number of esters is 1. The van der Waals surface area contributed by atoms with Crippen molar-refractivity contribution in [1.29, 1.82) is 0 Å². The Hall–Kier alpha value is -2.03. The Kier molecular flexibility index (Phi) is 21.6. The number of carbonyl (C=O) groups excluding carboxylic acids is 1. The van der Waals surface area contributed by atoms with Gasteiger partial charge in [-0.2, -0.15) is 0 Å². The third kappa shape index (κ3) is 12.5. The van der Waals surface area contributed by atoms with Gasteiger partial charge in [-0.3, -0.25) is 4.79 Å². The van der Waals surface area contributed by atoms with Crippen LogP contribution in [0.1, 0.15) is 65.2 Å². The summed E-state index contributed by atoms with van der Waals surface area (Å²) in [7, 11) is 0. The van der Waals surface area contributed by atoms with E-state index in [4.69, 9.17) is 56.8 Å². The summed E-state index contributed by atoms with van der Waals surface area (Å²) in [6.45, 7) is 3.03. The van der Waals surface area contributed by atoms with Gasteiger partial charge in [-0.05, 0) is 74.5 Å². The second-order valence-corrected chi connectivity index (χ2v) is 26.4. The van der Waals surface area contributed by atoms with E-state index >= 15 is 4.79 Å². The molecule has 0 amide bonds. The van der Waals surface area contributed by atoms with Crippen molar-refractivity contribution in [3.63, 3.8) is 0 Å². The van der Waals surface area contributed by atoms with Gasteiger partial charge in [0.1, 0.15) is 140 Å². The number of aliphatic hydroxyl groups excluding tert-OH is 20. The zero-order valence-electron chi connectivity index (χ0n) is 49.0.